The van der Waals surface area contributed by atoms with Crippen LogP contribution in [-0.4, -0.2) is 30.8 Å². The van der Waals surface area contributed by atoms with E-state index in [0.717, 1.165) is 30.4 Å². The lowest BCUT2D eigenvalue weighted by atomic mass is 10.2. The van der Waals surface area contributed by atoms with E-state index in [0.29, 0.717) is 17.3 Å². The maximum atomic E-state index is 12.8. The van der Waals surface area contributed by atoms with Gasteiger partial charge in [-0.3, -0.25) is 14.2 Å². The molecule has 148 valence electrons. The van der Waals surface area contributed by atoms with Crippen LogP contribution >= 0.6 is 23.1 Å². The monoisotopic (exact) mass is 417 g/mol. The van der Waals surface area contributed by atoms with Gasteiger partial charge in [-0.25, -0.2) is 0 Å². The Balaban J connectivity index is 1.78. The number of aromatic hydroxyl groups is 1. The molecule has 0 saturated carbocycles. The minimum absolute atomic E-state index is 0.0174. The van der Waals surface area contributed by atoms with Crippen LogP contribution in [-0.2, 0) is 13.1 Å². The van der Waals surface area contributed by atoms with Gasteiger partial charge in [0.05, 0.1) is 18.4 Å². The van der Waals surface area contributed by atoms with Gasteiger partial charge in [0.2, 0.25) is 5.88 Å². The molecule has 0 bridgehead atoms. The predicted octanol–water partition coefficient (Wildman–Crippen LogP) is 3.86. The second-order valence-electron chi connectivity index (χ2n) is 6.55. The van der Waals surface area contributed by atoms with Gasteiger partial charge in [0.15, 0.2) is 10.9 Å². The van der Waals surface area contributed by atoms with E-state index >= 15 is 0 Å². The van der Waals surface area contributed by atoms with E-state index in [-0.39, 0.29) is 23.0 Å². The van der Waals surface area contributed by atoms with Crippen molar-refractivity contribution in [3.63, 3.8) is 0 Å². The molecule has 3 rings (SSSR count). The van der Waals surface area contributed by atoms with Crippen molar-refractivity contribution in [1.29, 1.82) is 0 Å². The van der Waals surface area contributed by atoms with Crippen LogP contribution in [0.2, 0.25) is 0 Å². The van der Waals surface area contributed by atoms with Crippen LogP contribution in [0.25, 0.3) is 0 Å². The van der Waals surface area contributed by atoms with Crippen LogP contribution in [0.15, 0.2) is 39.6 Å². The summed E-state index contributed by atoms with van der Waals surface area (Å²) in [6.07, 6.45) is 0.762. The number of ketones is 1. The number of Topliss-reactive ketones (excluding diaryl/α,β-unsaturated/α-hetero) is 1. The summed E-state index contributed by atoms with van der Waals surface area (Å²) in [6.45, 7) is 7.16. The number of carbonyl (C=O) groups excluding carboxylic acids is 1. The first kappa shape index (κ1) is 20.4. The van der Waals surface area contributed by atoms with Crippen molar-refractivity contribution < 1.29 is 9.90 Å². The number of rotatable bonds is 8. The Labute approximate surface area is 171 Å². The van der Waals surface area contributed by atoms with Crippen LogP contribution in [0.5, 0.6) is 5.88 Å². The number of aromatic nitrogens is 3. The zero-order valence-corrected chi connectivity index (χ0v) is 17.8. The summed E-state index contributed by atoms with van der Waals surface area (Å²) in [5.74, 6) is -0.180. The van der Waals surface area contributed by atoms with E-state index in [1.165, 1.54) is 21.2 Å². The number of hydrogen-bond donors (Lipinski definition) is 1. The second-order valence-corrected chi connectivity index (χ2v) is 8.52. The molecule has 0 atom stereocenters. The Bertz CT molecular complexity index is 1040. The van der Waals surface area contributed by atoms with Crippen LogP contribution in [0, 0.1) is 13.8 Å². The molecule has 0 amide bonds. The Morgan fingerprint density at radius 2 is 2.07 bits per heavy atom. The molecule has 1 N–H and O–H groups in total. The molecular formula is C20H23N3O3S2. The standard InChI is InChI=1S/C20H23N3O3S2/c1-4-7-22-19(26)10-18(25)21-20(22)28-12-17(24)16-9-13(2)23(14(16)3)11-15-6-5-8-27-15/h5-6,8-10,25H,4,7,11-12H2,1-3H3. The van der Waals surface area contributed by atoms with E-state index in [9.17, 15) is 14.7 Å². The lowest BCUT2D eigenvalue weighted by Gasteiger charge is -2.10. The fourth-order valence-electron chi connectivity index (χ4n) is 3.11. The van der Waals surface area contributed by atoms with Crippen molar-refractivity contribution in [2.45, 2.75) is 45.4 Å². The van der Waals surface area contributed by atoms with Crippen molar-refractivity contribution in [3.8, 4) is 5.88 Å². The van der Waals surface area contributed by atoms with Gasteiger partial charge in [0.1, 0.15) is 0 Å². The number of nitrogens with zero attached hydrogens (tertiary/aromatic N) is 3. The highest BCUT2D eigenvalue weighted by atomic mass is 32.2. The first-order chi connectivity index (χ1) is 13.4. The SMILES string of the molecule is CCCn1c(SCC(=O)c2cc(C)n(Cc3cccs3)c2C)nc(O)cc1=O. The highest BCUT2D eigenvalue weighted by Gasteiger charge is 2.18. The Morgan fingerprint density at radius 3 is 2.75 bits per heavy atom. The van der Waals surface area contributed by atoms with Crippen molar-refractivity contribution in [1.82, 2.24) is 14.1 Å². The zero-order valence-electron chi connectivity index (χ0n) is 16.1. The largest absolute Gasteiger partial charge is 0.493 e. The molecule has 0 spiro atoms. The van der Waals surface area contributed by atoms with Crippen LogP contribution < -0.4 is 5.56 Å². The third-order valence-corrected chi connectivity index (χ3v) is 6.34. The molecule has 28 heavy (non-hydrogen) atoms. The van der Waals surface area contributed by atoms with Crippen LogP contribution in [0.1, 0.15) is 40.0 Å². The molecule has 3 aromatic heterocycles. The summed E-state index contributed by atoms with van der Waals surface area (Å²) in [5.41, 5.74) is 2.36. The number of aryl methyl sites for hydroxylation is 1. The van der Waals surface area contributed by atoms with Crippen molar-refractivity contribution in [2.75, 3.05) is 5.75 Å². The number of thioether (sulfide) groups is 1. The molecule has 0 aliphatic rings. The smallest absolute Gasteiger partial charge is 0.257 e. The average Bonchev–Trinajstić information content (AvgIpc) is 3.26. The van der Waals surface area contributed by atoms with Crippen molar-refractivity contribution in [3.05, 3.63) is 61.8 Å². The molecule has 0 aromatic carbocycles. The molecule has 0 fully saturated rings. The molecule has 0 aliphatic heterocycles. The average molecular weight is 418 g/mol. The summed E-state index contributed by atoms with van der Waals surface area (Å²) in [7, 11) is 0. The van der Waals surface area contributed by atoms with E-state index in [2.05, 4.69) is 15.6 Å². The second kappa shape index (κ2) is 8.79. The van der Waals surface area contributed by atoms with E-state index in [1.54, 1.807) is 11.3 Å². The van der Waals surface area contributed by atoms with E-state index < -0.39 is 0 Å². The maximum absolute atomic E-state index is 12.8. The minimum Gasteiger partial charge on any atom is -0.493 e. The molecule has 3 heterocycles. The first-order valence-electron chi connectivity index (χ1n) is 9.06. The number of hydrogen-bond acceptors (Lipinski definition) is 6. The summed E-state index contributed by atoms with van der Waals surface area (Å²) in [4.78, 5) is 30.2. The fraction of sp³-hybridized carbons (Fsp3) is 0.350. The highest BCUT2D eigenvalue weighted by Crippen LogP contribution is 2.23. The van der Waals surface area contributed by atoms with Gasteiger partial charge in [-0.2, -0.15) is 4.98 Å². The molecule has 0 radical (unpaired) electrons. The van der Waals surface area contributed by atoms with Crippen molar-refractivity contribution in [2.24, 2.45) is 0 Å². The molecule has 6 nitrogen and oxygen atoms in total. The Morgan fingerprint density at radius 1 is 1.29 bits per heavy atom. The molecule has 0 saturated heterocycles. The first-order valence-corrected chi connectivity index (χ1v) is 10.9. The zero-order chi connectivity index (χ0) is 20.3. The summed E-state index contributed by atoms with van der Waals surface area (Å²) < 4.78 is 3.64. The van der Waals surface area contributed by atoms with Gasteiger partial charge in [0.25, 0.3) is 5.56 Å². The lowest BCUT2D eigenvalue weighted by molar-refractivity contribution is 0.102. The lowest BCUT2D eigenvalue weighted by Crippen LogP contribution is -2.22. The minimum atomic E-state index is -0.318. The number of carbonyl (C=O) groups is 1. The van der Waals surface area contributed by atoms with E-state index in [4.69, 9.17) is 0 Å². The number of thiophene rings is 1. The third kappa shape index (κ3) is 4.39. The summed E-state index contributed by atoms with van der Waals surface area (Å²) in [6, 6.07) is 7.12. The quantitative estimate of drug-likeness (QED) is 0.342. The van der Waals surface area contributed by atoms with Gasteiger partial charge in [-0.15, -0.1) is 11.3 Å². The molecular weight excluding hydrogens is 394 g/mol. The normalized spacial score (nSPS) is 11.1. The highest BCUT2D eigenvalue weighted by molar-refractivity contribution is 7.99. The van der Waals surface area contributed by atoms with Crippen molar-refractivity contribution >= 4 is 28.9 Å². The third-order valence-electron chi connectivity index (χ3n) is 4.51. The van der Waals surface area contributed by atoms with Gasteiger partial charge in [0, 0.05) is 28.4 Å². The van der Waals surface area contributed by atoms with Crippen LogP contribution in [0.3, 0.4) is 0 Å². The summed E-state index contributed by atoms with van der Waals surface area (Å²) in [5, 5.41) is 12.1. The molecule has 3 aromatic rings. The Kier molecular flexibility index (Phi) is 6.41. The molecule has 0 aliphatic carbocycles. The van der Waals surface area contributed by atoms with Gasteiger partial charge < -0.3 is 9.67 Å². The van der Waals surface area contributed by atoms with Gasteiger partial charge in [-0.1, -0.05) is 24.8 Å². The summed E-state index contributed by atoms with van der Waals surface area (Å²) >= 11 is 2.88. The topological polar surface area (TPSA) is 77.1 Å². The fourth-order valence-corrected chi connectivity index (χ4v) is 4.71. The van der Waals surface area contributed by atoms with Gasteiger partial charge >= 0.3 is 0 Å². The molecule has 8 heteroatoms. The maximum Gasteiger partial charge on any atom is 0.257 e. The Hall–Kier alpha value is -2.32. The van der Waals surface area contributed by atoms with E-state index in [1.807, 2.05) is 38.3 Å². The van der Waals surface area contributed by atoms with Gasteiger partial charge in [-0.05, 0) is 37.8 Å². The predicted molar refractivity (Wildman–Crippen MR) is 113 cm³/mol. The van der Waals surface area contributed by atoms with Crippen LogP contribution in [0.4, 0.5) is 0 Å². The molecule has 0 unspecified atom stereocenters.